The maximum Gasteiger partial charge on any atom is 0.350 e. The summed E-state index contributed by atoms with van der Waals surface area (Å²) in [4.78, 5) is 25.3. The normalized spacial score (nSPS) is 12.3. The number of hydrogen-bond acceptors (Lipinski definition) is 5. The van der Waals surface area contributed by atoms with Crippen molar-refractivity contribution in [2.45, 2.75) is 72.1 Å². The van der Waals surface area contributed by atoms with Gasteiger partial charge in [0.25, 0.3) is 5.91 Å². The first-order chi connectivity index (χ1) is 14.3. The van der Waals surface area contributed by atoms with Crippen molar-refractivity contribution in [2.24, 2.45) is 7.05 Å². The average molecular weight is 423 g/mol. The maximum atomic E-state index is 15.0. The lowest BCUT2D eigenvalue weighted by Crippen LogP contribution is -2.34. The van der Waals surface area contributed by atoms with Crippen LogP contribution in [0.2, 0.25) is 0 Å². The van der Waals surface area contributed by atoms with Gasteiger partial charge in [-0.15, -0.1) is 5.10 Å². The molecule has 2 N–H and O–H groups in total. The van der Waals surface area contributed by atoms with E-state index in [1.54, 1.807) is 0 Å². The van der Waals surface area contributed by atoms with Crippen LogP contribution >= 0.6 is 0 Å². The monoisotopic (exact) mass is 422 g/mol. The molecule has 1 amide bonds. The molecule has 1 aromatic heterocycles. The summed E-state index contributed by atoms with van der Waals surface area (Å²) in [6.45, 7) is 7.34. The van der Waals surface area contributed by atoms with Crippen molar-refractivity contribution >= 4 is 5.91 Å². The number of amides is 1. The number of aromatic nitrogens is 3. The molecule has 0 radical (unpaired) electrons. The van der Waals surface area contributed by atoms with Gasteiger partial charge in [0.1, 0.15) is 23.9 Å². The number of ether oxygens (including phenoxy) is 1. The van der Waals surface area contributed by atoms with Crippen LogP contribution in [0.25, 0.3) is 5.69 Å². The van der Waals surface area contributed by atoms with Gasteiger partial charge in [0.15, 0.2) is 5.82 Å². The smallest absolute Gasteiger partial charge is 0.350 e. The van der Waals surface area contributed by atoms with Crippen LogP contribution in [0.3, 0.4) is 0 Å². The second-order valence-electron chi connectivity index (χ2n) is 7.33. The zero-order valence-electron chi connectivity index (χ0n) is 18.2. The minimum absolute atomic E-state index is 0.0355. The van der Waals surface area contributed by atoms with Crippen molar-refractivity contribution in [2.75, 3.05) is 0 Å². The van der Waals surface area contributed by atoms with E-state index < -0.39 is 24.0 Å². The first kappa shape index (κ1) is 23.6. The van der Waals surface area contributed by atoms with E-state index in [4.69, 9.17) is 4.74 Å². The molecule has 1 unspecified atom stereocenters. The number of nitrogens with one attached hydrogen (secondary N) is 1. The number of rotatable bonds is 10. The molecule has 1 heterocycles. The summed E-state index contributed by atoms with van der Waals surface area (Å²) in [6, 6.07) is 2.35. The Bertz CT molecular complexity index is 934. The quantitative estimate of drug-likeness (QED) is 0.613. The summed E-state index contributed by atoms with van der Waals surface area (Å²) < 4.78 is 22.9. The fourth-order valence-corrected chi connectivity index (χ4v) is 3.19. The van der Waals surface area contributed by atoms with Gasteiger partial charge in [-0.3, -0.25) is 9.36 Å². The van der Waals surface area contributed by atoms with E-state index in [0.717, 1.165) is 41.0 Å². The van der Waals surface area contributed by atoms with Gasteiger partial charge >= 0.3 is 5.69 Å². The zero-order valence-corrected chi connectivity index (χ0v) is 18.2. The van der Waals surface area contributed by atoms with E-state index in [1.807, 2.05) is 27.7 Å². The van der Waals surface area contributed by atoms with Crippen LogP contribution in [-0.2, 0) is 13.7 Å². The predicted octanol–water partition coefficient (Wildman–Crippen LogP) is 2.69. The highest BCUT2D eigenvalue weighted by molar-refractivity contribution is 5.97. The highest BCUT2D eigenvalue weighted by Gasteiger charge is 2.23. The number of carbonyl (C=O) groups is 1. The molecule has 0 aliphatic heterocycles. The van der Waals surface area contributed by atoms with E-state index in [1.165, 1.54) is 13.1 Å². The van der Waals surface area contributed by atoms with E-state index in [-0.39, 0.29) is 35.0 Å². The molecule has 0 spiro atoms. The van der Waals surface area contributed by atoms with E-state index in [9.17, 15) is 19.1 Å². The van der Waals surface area contributed by atoms with E-state index in [2.05, 4.69) is 10.4 Å². The molecule has 0 aliphatic carbocycles. The Kier molecular flexibility index (Phi) is 8.16. The standard InChI is InChI=1S/C21H31FN4O4/c1-6-9-13(4)30-18-11-17(26-21(29)25(5)19(12-27)24-26)16(22)10-15(18)20(28)23-14(7-2)8-3/h10-11,13-14,27H,6-9,12H2,1-5H3,(H,23,28). The van der Waals surface area contributed by atoms with Gasteiger partial charge in [0, 0.05) is 19.2 Å². The third-order valence-electron chi connectivity index (χ3n) is 5.08. The van der Waals surface area contributed by atoms with Crippen molar-refractivity contribution < 1.29 is 19.0 Å². The summed E-state index contributed by atoms with van der Waals surface area (Å²) >= 11 is 0. The highest BCUT2D eigenvalue weighted by atomic mass is 19.1. The lowest BCUT2D eigenvalue weighted by molar-refractivity contribution is 0.0927. The molecule has 0 bridgehead atoms. The van der Waals surface area contributed by atoms with Crippen LogP contribution in [0.1, 0.15) is 69.6 Å². The van der Waals surface area contributed by atoms with Crippen molar-refractivity contribution in [1.82, 2.24) is 19.7 Å². The Morgan fingerprint density at radius 1 is 1.30 bits per heavy atom. The van der Waals surface area contributed by atoms with E-state index >= 15 is 0 Å². The van der Waals surface area contributed by atoms with Crippen molar-refractivity contribution in [3.05, 3.63) is 39.8 Å². The van der Waals surface area contributed by atoms with E-state index in [0.29, 0.717) is 0 Å². The molecule has 0 saturated heterocycles. The van der Waals surface area contributed by atoms with Crippen LogP contribution in [-0.4, -0.2) is 37.5 Å². The molecule has 8 nitrogen and oxygen atoms in total. The van der Waals surface area contributed by atoms with Crippen LogP contribution in [0.5, 0.6) is 5.75 Å². The van der Waals surface area contributed by atoms with Crippen molar-refractivity contribution in [3.63, 3.8) is 0 Å². The molecule has 2 rings (SSSR count). The number of hydrogen-bond donors (Lipinski definition) is 2. The lowest BCUT2D eigenvalue weighted by atomic mass is 10.1. The van der Waals surface area contributed by atoms with Crippen LogP contribution in [0, 0.1) is 5.82 Å². The van der Waals surface area contributed by atoms with Gasteiger partial charge in [0.05, 0.1) is 11.7 Å². The molecule has 1 aromatic carbocycles. The Balaban J connectivity index is 2.57. The Labute approximate surface area is 175 Å². The third-order valence-corrected chi connectivity index (χ3v) is 5.08. The molecule has 0 fully saturated rings. The van der Waals surface area contributed by atoms with Gasteiger partial charge < -0.3 is 15.2 Å². The molecule has 2 aromatic rings. The number of benzene rings is 1. The van der Waals surface area contributed by atoms with Gasteiger partial charge in [-0.25, -0.2) is 9.18 Å². The maximum absolute atomic E-state index is 15.0. The molecule has 0 saturated carbocycles. The average Bonchev–Trinajstić information content (AvgIpc) is 3.01. The minimum atomic E-state index is -0.787. The molecule has 166 valence electrons. The van der Waals surface area contributed by atoms with Gasteiger partial charge in [0.2, 0.25) is 0 Å². The number of aliphatic hydroxyl groups is 1. The molecule has 30 heavy (non-hydrogen) atoms. The van der Waals surface area contributed by atoms with Crippen LogP contribution in [0.15, 0.2) is 16.9 Å². The largest absolute Gasteiger partial charge is 0.490 e. The van der Waals surface area contributed by atoms with Crippen molar-refractivity contribution in [3.8, 4) is 11.4 Å². The lowest BCUT2D eigenvalue weighted by Gasteiger charge is -2.20. The van der Waals surface area contributed by atoms with Gasteiger partial charge in [-0.05, 0) is 32.3 Å². The summed E-state index contributed by atoms with van der Waals surface area (Å²) in [6.07, 6.45) is 2.92. The zero-order chi connectivity index (χ0) is 22.4. The van der Waals surface area contributed by atoms with Gasteiger partial charge in [-0.2, -0.15) is 4.68 Å². The fourth-order valence-electron chi connectivity index (χ4n) is 3.19. The molecule has 1 atom stereocenters. The Hall–Kier alpha value is -2.68. The third kappa shape index (κ3) is 5.08. The predicted molar refractivity (Wildman–Crippen MR) is 112 cm³/mol. The highest BCUT2D eigenvalue weighted by Crippen LogP contribution is 2.27. The number of carbonyl (C=O) groups excluding carboxylic acids is 1. The number of halogens is 1. The minimum Gasteiger partial charge on any atom is -0.490 e. The summed E-state index contributed by atoms with van der Waals surface area (Å²) in [7, 11) is 1.44. The number of nitrogens with zero attached hydrogens (tertiary/aromatic N) is 3. The Morgan fingerprint density at radius 3 is 2.50 bits per heavy atom. The topological polar surface area (TPSA) is 98.4 Å². The summed E-state index contributed by atoms with van der Waals surface area (Å²) in [5.41, 5.74) is -0.690. The molecular weight excluding hydrogens is 391 g/mol. The van der Waals surface area contributed by atoms with Crippen LogP contribution in [0.4, 0.5) is 4.39 Å². The first-order valence-electron chi connectivity index (χ1n) is 10.3. The summed E-state index contributed by atoms with van der Waals surface area (Å²) in [5, 5.41) is 16.2. The molecular formula is C21H31FN4O4. The fraction of sp³-hybridized carbons (Fsp3) is 0.571. The van der Waals surface area contributed by atoms with Crippen molar-refractivity contribution in [1.29, 1.82) is 0 Å². The molecule has 9 heteroatoms. The Morgan fingerprint density at radius 2 is 1.97 bits per heavy atom. The SMILES string of the molecule is CCCC(C)Oc1cc(-n2nc(CO)n(C)c2=O)c(F)cc1C(=O)NC(CC)CC. The van der Waals surface area contributed by atoms with Crippen LogP contribution < -0.4 is 15.7 Å². The summed E-state index contributed by atoms with van der Waals surface area (Å²) in [5.74, 6) is -0.946. The second kappa shape index (κ2) is 10.4. The second-order valence-corrected chi connectivity index (χ2v) is 7.33. The first-order valence-corrected chi connectivity index (χ1v) is 10.3. The van der Waals surface area contributed by atoms with Gasteiger partial charge in [-0.1, -0.05) is 27.2 Å². The number of aliphatic hydroxyl groups excluding tert-OH is 1. The molecule has 0 aliphatic rings.